The van der Waals surface area contributed by atoms with Gasteiger partial charge in [-0.05, 0) is 59.7 Å². The highest BCUT2D eigenvalue weighted by molar-refractivity contribution is 6.27. The normalized spacial score (nSPS) is 11.3. The number of aromatic nitrogens is 2. The fraction of sp³-hybridized carbons (Fsp3) is 0. The maximum absolute atomic E-state index is 10.9. The summed E-state index contributed by atoms with van der Waals surface area (Å²) in [5.74, 6) is 0. The first-order chi connectivity index (χ1) is 26.1. The van der Waals surface area contributed by atoms with Crippen molar-refractivity contribution in [1.82, 2.24) is 9.13 Å². The molecule has 0 fully saturated rings. The smallest absolute Gasteiger partial charge is 0.218 e. The van der Waals surface area contributed by atoms with Crippen molar-refractivity contribution >= 4 is 76.9 Å². The summed E-state index contributed by atoms with van der Waals surface area (Å²) in [4.78, 5) is 7.65. The molecule has 7 heteroatoms. The lowest BCUT2D eigenvalue weighted by Crippen LogP contribution is -2.03. The molecule has 0 bridgehead atoms. The number of hydrogen-bond acceptors (Lipinski definition) is 3. The van der Waals surface area contributed by atoms with Crippen LogP contribution >= 0.6 is 0 Å². The molecule has 10 aromatic rings. The van der Waals surface area contributed by atoms with Crippen LogP contribution < -0.4 is 0 Å². The van der Waals surface area contributed by atoms with Crippen LogP contribution in [0.15, 0.2) is 138 Å². The van der Waals surface area contributed by atoms with Gasteiger partial charge in [0.25, 0.3) is 0 Å². The zero-order valence-electron chi connectivity index (χ0n) is 27.8. The molecule has 7 aromatic carbocycles. The molecule has 0 aliphatic rings. The molecule has 0 atom stereocenters. The Bertz CT molecular complexity index is 3310. The van der Waals surface area contributed by atoms with Crippen molar-refractivity contribution in [2.75, 3.05) is 0 Å². The molecule has 0 spiro atoms. The Hall–Kier alpha value is -8.10. The Morgan fingerprint density at radius 1 is 0.509 bits per heavy atom. The van der Waals surface area contributed by atoms with Gasteiger partial charge < -0.3 is 13.6 Å². The fourth-order valence-corrected chi connectivity index (χ4v) is 8.11. The van der Waals surface area contributed by atoms with Gasteiger partial charge in [-0.2, -0.15) is 10.5 Å². The zero-order valence-corrected chi connectivity index (χ0v) is 27.8. The lowest BCUT2D eigenvalue weighted by molar-refractivity contribution is 0.669. The summed E-state index contributed by atoms with van der Waals surface area (Å²) in [5.41, 5.74) is 8.22. The predicted octanol–water partition coefficient (Wildman–Crippen LogP) is 12.3. The van der Waals surface area contributed by atoms with Gasteiger partial charge >= 0.3 is 0 Å². The second-order valence-electron chi connectivity index (χ2n) is 12.8. The standard InChI is InChI=1S/C46H22N6O/c1-49-35-20-19-30(46(44(35)50-2)51-36-15-7-3-11-31(36)32-12-4-8-16-37(32)51)27-23-28(25-47)45(29(24-27)26-48)52-38-17-9-5-13-33(38)42-39(52)21-22-41-43(42)34-14-6-10-18-40(34)53-41/h3-24H. The Labute approximate surface area is 302 Å². The number of fused-ring (bicyclic) bond motifs is 10. The Morgan fingerprint density at radius 2 is 1.08 bits per heavy atom. The Kier molecular flexibility index (Phi) is 6.30. The van der Waals surface area contributed by atoms with Crippen molar-refractivity contribution < 1.29 is 4.42 Å². The molecular weight excluding hydrogens is 653 g/mol. The average Bonchev–Trinajstić information content (AvgIpc) is 3.87. The summed E-state index contributed by atoms with van der Waals surface area (Å²) in [6.07, 6.45) is 0. The lowest BCUT2D eigenvalue weighted by atomic mass is 9.95. The van der Waals surface area contributed by atoms with Crippen LogP contribution in [0.1, 0.15) is 11.1 Å². The number of benzene rings is 7. The molecule has 3 aromatic heterocycles. The van der Waals surface area contributed by atoms with Crippen LogP contribution in [0.3, 0.4) is 0 Å². The van der Waals surface area contributed by atoms with E-state index in [-0.39, 0.29) is 11.4 Å². The molecule has 0 N–H and O–H groups in total. The maximum Gasteiger partial charge on any atom is 0.218 e. The molecule has 53 heavy (non-hydrogen) atoms. The molecule has 242 valence electrons. The Morgan fingerprint density at radius 3 is 1.70 bits per heavy atom. The summed E-state index contributed by atoms with van der Waals surface area (Å²) in [7, 11) is 0. The highest BCUT2D eigenvalue weighted by Gasteiger charge is 2.25. The lowest BCUT2D eigenvalue weighted by Gasteiger charge is -2.19. The third-order valence-electron chi connectivity index (χ3n) is 10.2. The van der Waals surface area contributed by atoms with E-state index in [0.29, 0.717) is 33.6 Å². The van der Waals surface area contributed by atoms with Crippen LogP contribution in [-0.4, -0.2) is 9.13 Å². The van der Waals surface area contributed by atoms with E-state index in [1.165, 1.54) is 0 Å². The van der Waals surface area contributed by atoms with Crippen molar-refractivity contribution in [2.24, 2.45) is 0 Å². The third kappa shape index (κ3) is 4.05. The van der Waals surface area contributed by atoms with Crippen molar-refractivity contribution in [1.29, 1.82) is 10.5 Å². The van der Waals surface area contributed by atoms with Gasteiger partial charge in [0.15, 0.2) is 5.69 Å². The summed E-state index contributed by atoms with van der Waals surface area (Å²) >= 11 is 0. The van der Waals surface area contributed by atoms with E-state index in [4.69, 9.17) is 17.6 Å². The minimum absolute atomic E-state index is 0.198. The van der Waals surface area contributed by atoms with Crippen LogP contribution in [0.2, 0.25) is 0 Å². The quantitative estimate of drug-likeness (QED) is 0.175. The van der Waals surface area contributed by atoms with Gasteiger partial charge in [0, 0.05) is 38.0 Å². The third-order valence-corrected chi connectivity index (χ3v) is 10.2. The molecule has 7 nitrogen and oxygen atoms in total. The number of nitrogens with zero attached hydrogens (tertiary/aromatic N) is 6. The molecule has 0 aliphatic carbocycles. The summed E-state index contributed by atoms with van der Waals surface area (Å²) < 4.78 is 10.3. The van der Waals surface area contributed by atoms with Gasteiger partial charge in [-0.3, -0.25) is 4.85 Å². The molecule has 0 unspecified atom stereocenters. The van der Waals surface area contributed by atoms with Crippen LogP contribution in [0.4, 0.5) is 11.4 Å². The van der Waals surface area contributed by atoms with E-state index in [1.54, 1.807) is 18.2 Å². The molecule has 0 saturated heterocycles. The van der Waals surface area contributed by atoms with Gasteiger partial charge in [0.1, 0.15) is 23.3 Å². The predicted molar refractivity (Wildman–Crippen MR) is 210 cm³/mol. The number of rotatable bonds is 3. The maximum atomic E-state index is 10.9. The summed E-state index contributed by atoms with van der Waals surface area (Å²) in [6, 6.07) is 47.8. The molecule has 0 aliphatic heterocycles. The van der Waals surface area contributed by atoms with E-state index in [1.807, 2.05) is 118 Å². The van der Waals surface area contributed by atoms with Crippen LogP contribution in [0.5, 0.6) is 0 Å². The van der Waals surface area contributed by atoms with Crippen LogP contribution in [-0.2, 0) is 0 Å². The summed E-state index contributed by atoms with van der Waals surface area (Å²) in [6.45, 7) is 16.2. The molecule has 3 heterocycles. The molecule has 0 radical (unpaired) electrons. The topological polar surface area (TPSA) is 79.3 Å². The highest BCUT2D eigenvalue weighted by Crippen LogP contribution is 2.47. The minimum Gasteiger partial charge on any atom is -0.456 e. The van der Waals surface area contributed by atoms with E-state index < -0.39 is 0 Å². The Balaban J connectivity index is 1.30. The molecule has 0 saturated carbocycles. The largest absolute Gasteiger partial charge is 0.456 e. The van der Waals surface area contributed by atoms with Gasteiger partial charge in [-0.15, -0.1) is 0 Å². The van der Waals surface area contributed by atoms with Crippen molar-refractivity contribution in [3.05, 3.63) is 167 Å². The number of hydrogen-bond donors (Lipinski definition) is 0. The number of nitriles is 2. The van der Waals surface area contributed by atoms with Crippen molar-refractivity contribution in [3.8, 4) is 34.6 Å². The van der Waals surface area contributed by atoms with Crippen LogP contribution in [0.25, 0.3) is 97.7 Å². The first-order valence-corrected chi connectivity index (χ1v) is 16.9. The van der Waals surface area contributed by atoms with Gasteiger partial charge in [-0.25, -0.2) is 4.85 Å². The monoisotopic (exact) mass is 674 g/mol. The number of furan rings is 1. The second-order valence-corrected chi connectivity index (χ2v) is 12.8. The number of para-hydroxylation sites is 4. The van der Waals surface area contributed by atoms with E-state index in [0.717, 1.165) is 65.6 Å². The first kappa shape index (κ1) is 29.8. The van der Waals surface area contributed by atoms with E-state index in [2.05, 4.69) is 27.9 Å². The van der Waals surface area contributed by atoms with Gasteiger partial charge in [0.05, 0.1) is 52.0 Å². The molecular formula is C46H22N6O. The minimum atomic E-state index is 0.198. The van der Waals surface area contributed by atoms with E-state index in [9.17, 15) is 10.5 Å². The zero-order chi connectivity index (χ0) is 35.8. The van der Waals surface area contributed by atoms with Crippen LogP contribution in [0, 0.1) is 35.8 Å². The van der Waals surface area contributed by atoms with Crippen molar-refractivity contribution in [2.45, 2.75) is 0 Å². The van der Waals surface area contributed by atoms with E-state index >= 15 is 0 Å². The van der Waals surface area contributed by atoms with Gasteiger partial charge in [0.2, 0.25) is 5.69 Å². The van der Waals surface area contributed by atoms with Crippen molar-refractivity contribution in [3.63, 3.8) is 0 Å². The SMILES string of the molecule is [C-]#[N+]c1ccc(-c2cc(C#N)c(-n3c4ccccc4c4c5c(ccc43)oc3ccccc35)c(C#N)c2)c(-n2c3ccccc3c3ccccc32)c1[N+]#[C-]. The average molecular weight is 675 g/mol. The van der Waals surface area contributed by atoms with Gasteiger partial charge in [-0.1, -0.05) is 84.9 Å². The molecule has 0 amide bonds. The molecule has 10 rings (SSSR count). The first-order valence-electron chi connectivity index (χ1n) is 16.9. The highest BCUT2D eigenvalue weighted by atomic mass is 16.3. The fourth-order valence-electron chi connectivity index (χ4n) is 8.11. The summed E-state index contributed by atoms with van der Waals surface area (Å²) in [5, 5.41) is 27.7. The second kappa shape index (κ2) is 11.2.